The number of nitrogens with two attached hydrogens (primary N) is 1. The van der Waals surface area contributed by atoms with Gasteiger partial charge in [0.25, 0.3) is 6.08 Å². The van der Waals surface area contributed by atoms with Crippen LogP contribution in [0.1, 0.15) is 12.8 Å². The van der Waals surface area contributed by atoms with Crippen LogP contribution in [0.5, 0.6) is 0 Å². The Balaban J connectivity index is 2.16. The summed E-state index contributed by atoms with van der Waals surface area (Å²) >= 11 is 3.39. The lowest BCUT2D eigenvalue weighted by Gasteiger charge is -2.31. The first-order valence-corrected chi connectivity index (χ1v) is 6.20. The highest BCUT2D eigenvalue weighted by Crippen LogP contribution is 2.31. The van der Waals surface area contributed by atoms with E-state index in [2.05, 4.69) is 15.9 Å². The van der Waals surface area contributed by atoms with Crippen LogP contribution in [0.3, 0.4) is 0 Å². The number of benzene rings is 1. The molecule has 5 heteroatoms. The number of nitrogen functional groups attached to an aromatic ring is 1. The summed E-state index contributed by atoms with van der Waals surface area (Å²) in [6.45, 7) is 1.18. The van der Waals surface area contributed by atoms with E-state index in [4.69, 9.17) is 5.73 Å². The Labute approximate surface area is 107 Å². The quantitative estimate of drug-likeness (QED) is 0.800. The molecule has 1 aliphatic heterocycles. The van der Waals surface area contributed by atoms with Gasteiger partial charge in [0.2, 0.25) is 0 Å². The summed E-state index contributed by atoms with van der Waals surface area (Å²) in [5.74, 6) is 0. The Hall–Kier alpha value is -1.10. The first-order valence-electron chi connectivity index (χ1n) is 5.41. The monoisotopic (exact) mass is 302 g/mol. The number of rotatable bonds is 1. The number of halogens is 3. The summed E-state index contributed by atoms with van der Waals surface area (Å²) in [5.41, 5.74) is 7.76. The molecule has 0 saturated carbocycles. The SMILES string of the molecule is Nc1ccc(Br)cc1N1CCC(=C(F)F)CC1. The van der Waals surface area contributed by atoms with Gasteiger partial charge in [-0.1, -0.05) is 15.9 Å². The minimum atomic E-state index is -1.52. The molecule has 1 heterocycles. The number of hydrogen-bond donors (Lipinski definition) is 1. The average molecular weight is 303 g/mol. The number of anilines is 2. The minimum absolute atomic E-state index is 0.273. The highest BCUT2D eigenvalue weighted by molar-refractivity contribution is 9.10. The second-order valence-electron chi connectivity index (χ2n) is 4.05. The fraction of sp³-hybridized carbons (Fsp3) is 0.333. The second kappa shape index (κ2) is 5.04. The van der Waals surface area contributed by atoms with Crippen molar-refractivity contribution < 1.29 is 8.78 Å². The Bertz CT molecular complexity index is 446. The molecule has 92 valence electrons. The van der Waals surface area contributed by atoms with Crippen LogP contribution in [-0.4, -0.2) is 13.1 Å². The van der Waals surface area contributed by atoms with Gasteiger partial charge in [-0.25, -0.2) is 0 Å². The summed E-state index contributed by atoms with van der Waals surface area (Å²) in [5, 5.41) is 0. The molecule has 0 radical (unpaired) electrons. The number of piperidine rings is 1. The van der Waals surface area contributed by atoms with E-state index in [1.807, 2.05) is 23.1 Å². The summed E-state index contributed by atoms with van der Waals surface area (Å²) in [6.07, 6.45) is -0.699. The fourth-order valence-electron chi connectivity index (χ4n) is 2.00. The smallest absolute Gasteiger partial charge is 0.269 e. The van der Waals surface area contributed by atoms with Crippen LogP contribution < -0.4 is 10.6 Å². The lowest BCUT2D eigenvalue weighted by Crippen LogP contribution is -2.31. The van der Waals surface area contributed by atoms with Gasteiger partial charge in [0.1, 0.15) is 0 Å². The van der Waals surface area contributed by atoms with Crippen molar-refractivity contribution in [1.29, 1.82) is 0 Å². The fourth-order valence-corrected chi connectivity index (χ4v) is 2.35. The Morgan fingerprint density at radius 3 is 2.47 bits per heavy atom. The third-order valence-electron chi connectivity index (χ3n) is 2.97. The van der Waals surface area contributed by atoms with Crippen molar-refractivity contribution in [1.82, 2.24) is 0 Å². The molecule has 0 atom stereocenters. The minimum Gasteiger partial charge on any atom is -0.397 e. The van der Waals surface area contributed by atoms with Gasteiger partial charge in [0, 0.05) is 17.6 Å². The molecular formula is C12H13BrF2N2. The number of nitrogens with zero attached hydrogens (tertiary/aromatic N) is 1. The molecule has 0 spiro atoms. The third-order valence-corrected chi connectivity index (χ3v) is 3.46. The van der Waals surface area contributed by atoms with E-state index in [1.54, 1.807) is 0 Å². The van der Waals surface area contributed by atoms with Crippen LogP contribution >= 0.6 is 15.9 Å². The molecule has 1 fully saturated rings. The van der Waals surface area contributed by atoms with Crippen molar-refractivity contribution in [2.45, 2.75) is 12.8 Å². The molecule has 2 nitrogen and oxygen atoms in total. The van der Waals surface area contributed by atoms with E-state index >= 15 is 0 Å². The topological polar surface area (TPSA) is 29.3 Å². The molecule has 1 aliphatic rings. The summed E-state index contributed by atoms with van der Waals surface area (Å²) in [4.78, 5) is 2.05. The van der Waals surface area contributed by atoms with E-state index in [9.17, 15) is 8.78 Å². The van der Waals surface area contributed by atoms with E-state index in [0.29, 0.717) is 31.6 Å². The third kappa shape index (κ3) is 2.77. The summed E-state index contributed by atoms with van der Waals surface area (Å²) < 4.78 is 25.8. The predicted molar refractivity (Wildman–Crippen MR) is 69.2 cm³/mol. The van der Waals surface area contributed by atoms with Gasteiger partial charge >= 0.3 is 0 Å². The average Bonchev–Trinajstić information content (AvgIpc) is 2.32. The molecule has 17 heavy (non-hydrogen) atoms. The molecular weight excluding hydrogens is 290 g/mol. The van der Waals surface area contributed by atoms with E-state index in [1.165, 1.54) is 0 Å². The van der Waals surface area contributed by atoms with Gasteiger partial charge in [-0.3, -0.25) is 0 Å². The molecule has 0 aliphatic carbocycles. The molecule has 0 amide bonds. The van der Waals surface area contributed by atoms with Crippen LogP contribution in [0.2, 0.25) is 0 Å². The molecule has 1 aromatic rings. The van der Waals surface area contributed by atoms with E-state index in [-0.39, 0.29) is 5.57 Å². The lowest BCUT2D eigenvalue weighted by atomic mass is 10.0. The first kappa shape index (κ1) is 12.4. The summed E-state index contributed by atoms with van der Waals surface area (Å²) in [6, 6.07) is 5.62. The second-order valence-corrected chi connectivity index (χ2v) is 4.97. The zero-order valence-corrected chi connectivity index (χ0v) is 10.8. The van der Waals surface area contributed by atoms with Crippen LogP contribution in [-0.2, 0) is 0 Å². The largest absolute Gasteiger partial charge is 0.397 e. The maximum atomic E-state index is 12.4. The Morgan fingerprint density at radius 1 is 1.24 bits per heavy atom. The van der Waals surface area contributed by atoms with Crippen LogP contribution in [0.4, 0.5) is 20.2 Å². The Kier molecular flexibility index (Phi) is 3.66. The summed E-state index contributed by atoms with van der Waals surface area (Å²) in [7, 11) is 0. The molecule has 0 unspecified atom stereocenters. The van der Waals surface area contributed by atoms with Crippen molar-refractivity contribution in [3.05, 3.63) is 34.3 Å². The maximum Gasteiger partial charge on any atom is 0.269 e. The van der Waals surface area contributed by atoms with Gasteiger partial charge in [-0.2, -0.15) is 8.78 Å². The molecule has 1 saturated heterocycles. The van der Waals surface area contributed by atoms with Crippen molar-refractivity contribution in [2.24, 2.45) is 0 Å². The van der Waals surface area contributed by atoms with Crippen molar-refractivity contribution in [3.8, 4) is 0 Å². The van der Waals surface area contributed by atoms with Crippen molar-refractivity contribution in [3.63, 3.8) is 0 Å². The number of hydrogen-bond acceptors (Lipinski definition) is 2. The van der Waals surface area contributed by atoms with Gasteiger partial charge in [0.15, 0.2) is 0 Å². The van der Waals surface area contributed by atoms with Gasteiger partial charge in [-0.15, -0.1) is 0 Å². The van der Waals surface area contributed by atoms with E-state index in [0.717, 1.165) is 10.2 Å². The van der Waals surface area contributed by atoms with E-state index < -0.39 is 6.08 Å². The van der Waals surface area contributed by atoms with Crippen LogP contribution in [0.25, 0.3) is 0 Å². The molecule has 1 aromatic carbocycles. The van der Waals surface area contributed by atoms with Crippen LogP contribution in [0, 0.1) is 0 Å². The Morgan fingerprint density at radius 2 is 1.88 bits per heavy atom. The normalized spacial score (nSPS) is 16.2. The van der Waals surface area contributed by atoms with Gasteiger partial charge in [-0.05, 0) is 36.6 Å². The molecule has 2 rings (SSSR count). The zero-order valence-electron chi connectivity index (χ0n) is 9.22. The van der Waals surface area contributed by atoms with Crippen molar-refractivity contribution in [2.75, 3.05) is 23.7 Å². The van der Waals surface area contributed by atoms with Gasteiger partial charge in [0.05, 0.1) is 11.4 Å². The lowest BCUT2D eigenvalue weighted by molar-refractivity contribution is 0.399. The highest BCUT2D eigenvalue weighted by Gasteiger charge is 2.19. The van der Waals surface area contributed by atoms with Crippen LogP contribution in [0.15, 0.2) is 34.3 Å². The molecule has 0 bridgehead atoms. The zero-order chi connectivity index (χ0) is 12.4. The predicted octanol–water partition coefficient (Wildman–Crippen LogP) is 3.78. The maximum absolute atomic E-state index is 12.4. The highest BCUT2D eigenvalue weighted by atomic mass is 79.9. The van der Waals surface area contributed by atoms with Crippen molar-refractivity contribution >= 4 is 27.3 Å². The van der Waals surface area contributed by atoms with Gasteiger partial charge < -0.3 is 10.6 Å². The molecule has 2 N–H and O–H groups in total. The standard InChI is InChI=1S/C12H13BrF2N2/c13-9-1-2-10(16)11(7-9)17-5-3-8(4-6-17)12(14)15/h1-2,7H,3-6,16H2. The first-order chi connectivity index (χ1) is 8.08. The molecule has 0 aromatic heterocycles.